The Balaban J connectivity index is 1.67. The minimum Gasteiger partial charge on any atom is -0.445 e. The summed E-state index contributed by atoms with van der Waals surface area (Å²) in [6.07, 6.45) is 1.75. The summed E-state index contributed by atoms with van der Waals surface area (Å²) < 4.78 is 11.0. The number of ether oxygens (including phenoxy) is 2. The molecule has 0 aromatic heterocycles. The van der Waals surface area contributed by atoms with Crippen LogP contribution in [0.5, 0.6) is 0 Å². The summed E-state index contributed by atoms with van der Waals surface area (Å²) in [5.74, 6) is -0.603. The average Bonchev–Trinajstić information content (AvgIpc) is 2.87. The van der Waals surface area contributed by atoms with Crippen LogP contribution in [0, 0.1) is 0 Å². The second-order valence-electron chi connectivity index (χ2n) is 11.4. The molecule has 0 aliphatic heterocycles. The Labute approximate surface area is 239 Å². The van der Waals surface area contributed by atoms with Gasteiger partial charge in [-0.1, -0.05) is 55.5 Å². The number of fused-ring (bicyclic) bond motifs is 2. The number of hydrogen-bond acceptors (Lipinski definition) is 7. The van der Waals surface area contributed by atoms with Gasteiger partial charge in [-0.25, -0.2) is 0 Å². The van der Waals surface area contributed by atoms with Crippen molar-refractivity contribution in [1.82, 2.24) is 15.1 Å². The van der Waals surface area contributed by atoms with Gasteiger partial charge in [0.25, 0.3) is 0 Å². The first-order valence-electron chi connectivity index (χ1n) is 14.4. The lowest BCUT2D eigenvalue weighted by molar-refractivity contribution is -0.174. The van der Waals surface area contributed by atoms with Gasteiger partial charge >= 0.3 is 11.9 Å². The summed E-state index contributed by atoms with van der Waals surface area (Å²) in [5.41, 5.74) is -0.0793. The molecule has 0 fully saturated rings. The van der Waals surface area contributed by atoms with Crippen molar-refractivity contribution in [3.63, 3.8) is 0 Å². The fourth-order valence-corrected chi connectivity index (χ4v) is 5.46. The first-order valence-corrected chi connectivity index (χ1v) is 14.4. The highest BCUT2D eigenvalue weighted by Crippen LogP contribution is 2.29. The number of benzene rings is 3. The van der Waals surface area contributed by atoms with Gasteiger partial charge in [-0.15, -0.1) is 0 Å². The molecule has 0 amide bonds. The van der Waals surface area contributed by atoms with Crippen LogP contribution in [0.15, 0.2) is 54.6 Å². The van der Waals surface area contributed by atoms with E-state index in [1.54, 1.807) is 0 Å². The van der Waals surface area contributed by atoms with Crippen molar-refractivity contribution >= 4 is 33.5 Å². The molecule has 0 saturated carbocycles. The lowest BCUT2D eigenvalue weighted by Gasteiger charge is -2.38. The molecule has 3 aromatic carbocycles. The van der Waals surface area contributed by atoms with Gasteiger partial charge in [-0.2, -0.15) is 0 Å². The first kappa shape index (κ1) is 31.5. The van der Waals surface area contributed by atoms with Crippen molar-refractivity contribution in [2.75, 3.05) is 32.7 Å². The van der Waals surface area contributed by atoms with Crippen LogP contribution in [-0.2, 0) is 25.6 Å². The van der Waals surface area contributed by atoms with E-state index in [0.29, 0.717) is 6.54 Å². The molecule has 1 N–H and O–H groups in total. The summed E-state index contributed by atoms with van der Waals surface area (Å²) >= 11 is 0. The Morgan fingerprint density at radius 1 is 0.800 bits per heavy atom. The SMILES string of the molecule is CCN(CCCN(CCCNC(C)(C)OC(C)=O)C(C)(C)OC(C)=O)Cc1c2ccccc2cc2ccccc12. The number of nitrogens with zero attached hydrogens (tertiary/aromatic N) is 2. The molecule has 0 atom stereocenters. The maximum atomic E-state index is 11.9. The van der Waals surface area contributed by atoms with E-state index in [1.807, 2.05) is 27.7 Å². The van der Waals surface area contributed by atoms with Crippen LogP contribution in [0.3, 0.4) is 0 Å². The van der Waals surface area contributed by atoms with Crippen molar-refractivity contribution in [2.24, 2.45) is 0 Å². The number of nitrogens with one attached hydrogen (secondary N) is 1. The molecule has 0 radical (unpaired) electrons. The van der Waals surface area contributed by atoms with Gasteiger partial charge in [-0.05, 0) is 93.3 Å². The normalized spacial score (nSPS) is 12.4. The van der Waals surface area contributed by atoms with Crippen LogP contribution in [0.25, 0.3) is 21.5 Å². The van der Waals surface area contributed by atoms with Crippen LogP contribution < -0.4 is 5.32 Å². The second-order valence-corrected chi connectivity index (χ2v) is 11.4. The summed E-state index contributed by atoms with van der Waals surface area (Å²) in [7, 11) is 0. The Kier molecular flexibility index (Phi) is 11.1. The van der Waals surface area contributed by atoms with Gasteiger partial charge in [0, 0.05) is 33.5 Å². The molecule has 0 aliphatic rings. The van der Waals surface area contributed by atoms with Gasteiger partial charge in [0.05, 0.1) is 0 Å². The van der Waals surface area contributed by atoms with Crippen LogP contribution in [0.1, 0.15) is 66.9 Å². The summed E-state index contributed by atoms with van der Waals surface area (Å²) in [6.45, 7) is 17.6. The second kappa shape index (κ2) is 14.1. The van der Waals surface area contributed by atoms with Gasteiger partial charge in [-0.3, -0.25) is 24.7 Å². The third kappa shape index (κ3) is 9.01. The van der Waals surface area contributed by atoms with Crippen molar-refractivity contribution < 1.29 is 19.1 Å². The molecule has 0 heterocycles. The third-order valence-electron chi connectivity index (χ3n) is 7.32. The van der Waals surface area contributed by atoms with Gasteiger partial charge in [0.1, 0.15) is 0 Å². The monoisotopic (exact) mass is 549 g/mol. The summed E-state index contributed by atoms with van der Waals surface area (Å²) in [5, 5.41) is 8.45. The smallest absolute Gasteiger partial charge is 0.304 e. The molecule has 0 unspecified atom stereocenters. The van der Waals surface area contributed by atoms with Crippen molar-refractivity contribution in [1.29, 1.82) is 0 Å². The van der Waals surface area contributed by atoms with E-state index in [1.165, 1.54) is 41.0 Å². The van der Waals surface area contributed by atoms with E-state index in [2.05, 4.69) is 76.6 Å². The Hall–Kier alpha value is -3.00. The molecule has 0 bridgehead atoms. The van der Waals surface area contributed by atoms with E-state index in [9.17, 15) is 9.59 Å². The van der Waals surface area contributed by atoms with Crippen LogP contribution in [-0.4, -0.2) is 65.9 Å². The fraction of sp³-hybridized carbons (Fsp3) is 0.515. The van der Waals surface area contributed by atoms with Crippen molar-refractivity contribution in [2.45, 2.75) is 79.3 Å². The number of carbonyl (C=O) groups excluding carboxylic acids is 2. The molecule has 40 heavy (non-hydrogen) atoms. The Morgan fingerprint density at radius 3 is 1.90 bits per heavy atom. The maximum absolute atomic E-state index is 11.9. The molecule has 218 valence electrons. The average molecular weight is 550 g/mol. The van der Waals surface area contributed by atoms with E-state index >= 15 is 0 Å². The predicted molar refractivity (Wildman–Crippen MR) is 163 cm³/mol. The van der Waals surface area contributed by atoms with Crippen LogP contribution in [0.4, 0.5) is 0 Å². The molecule has 7 heteroatoms. The quantitative estimate of drug-likeness (QED) is 0.107. The van der Waals surface area contributed by atoms with Crippen LogP contribution in [0.2, 0.25) is 0 Å². The molecular weight excluding hydrogens is 502 g/mol. The third-order valence-corrected chi connectivity index (χ3v) is 7.32. The van der Waals surface area contributed by atoms with E-state index in [-0.39, 0.29) is 11.9 Å². The minimum atomic E-state index is -0.727. The van der Waals surface area contributed by atoms with E-state index in [4.69, 9.17) is 9.47 Å². The van der Waals surface area contributed by atoms with E-state index in [0.717, 1.165) is 45.6 Å². The highest BCUT2D eigenvalue weighted by atomic mass is 16.6. The number of esters is 2. The standard InChI is InChI=1S/C33H47N3O4/c1-8-35(24-31-29-17-11-9-15-27(29)23-28-16-10-12-18-30(28)31)20-14-22-36(33(6,7)40-26(3)38)21-13-19-34-32(4,5)39-25(2)37/h9-12,15-18,23,34H,8,13-14,19-22,24H2,1-7H3. The molecular formula is C33H47N3O4. The van der Waals surface area contributed by atoms with Crippen molar-refractivity contribution in [3.05, 3.63) is 60.2 Å². The Morgan fingerprint density at radius 2 is 1.35 bits per heavy atom. The maximum Gasteiger partial charge on any atom is 0.304 e. The zero-order valence-corrected chi connectivity index (χ0v) is 25.4. The molecule has 0 saturated heterocycles. The highest BCUT2D eigenvalue weighted by Gasteiger charge is 2.29. The lowest BCUT2D eigenvalue weighted by atomic mass is 9.96. The number of carbonyl (C=O) groups is 2. The lowest BCUT2D eigenvalue weighted by Crippen LogP contribution is -2.49. The molecule has 3 aromatic rings. The molecule has 3 rings (SSSR count). The number of rotatable bonds is 15. The molecule has 0 aliphatic carbocycles. The van der Waals surface area contributed by atoms with Crippen LogP contribution >= 0.6 is 0 Å². The topological polar surface area (TPSA) is 71.1 Å². The summed E-state index contributed by atoms with van der Waals surface area (Å²) in [6, 6.07) is 19.6. The first-order chi connectivity index (χ1) is 18.9. The number of hydrogen-bond donors (Lipinski definition) is 1. The zero-order chi connectivity index (χ0) is 29.3. The van der Waals surface area contributed by atoms with Gasteiger partial charge in [0.2, 0.25) is 0 Å². The van der Waals surface area contributed by atoms with Gasteiger partial charge < -0.3 is 9.47 Å². The highest BCUT2D eigenvalue weighted by molar-refractivity contribution is 6.02. The predicted octanol–water partition coefficient (Wildman–Crippen LogP) is 6.09. The molecule has 0 spiro atoms. The largest absolute Gasteiger partial charge is 0.445 e. The van der Waals surface area contributed by atoms with E-state index < -0.39 is 11.4 Å². The minimum absolute atomic E-state index is 0.290. The fourth-order valence-electron chi connectivity index (χ4n) is 5.46. The van der Waals surface area contributed by atoms with Crippen molar-refractivity contribution in [3.8, 4) is 0 Å². The zero-order valence-electron chi connectivity index (χ0n) is 25.4. The summed E-state index contributed by atoms with van der Waals surface area (Å²) in [4.78, 5) is 27.9. The Bertz CT molecular complexity index is 1230. The molecule has 7 nitrogen and oxygen atoms in total. The van der Waals surface area contributed by atoms with Gasteiger partial charge in [0.15, 0.2) is 11.4 Å².